The Balaban J connectivity index is 1.43. The zero-order chi connectivity index (χ0) is 22.1. The molecule has 1 aliphatic heterocycles. The second kappa shape index (κ2) is 8.46. The second-order valence-corrected chi connectivity index (χ2v) is 7.53. The highest BCUT2D eigenvalue weighted by molar-refractivity contribution is 5.94. The van der Waals surface area contributed by atoms with Crippen molar-refractivity contribution in [1.29, 1.82) is 0 Å². The van der Waals surface area contributed by atoms with E-state index < -0.39 is 17.5 Å². The van der Waals surface area contributed by atoms with Crippen molar-refractivity contribution in [1.82, 2.24) is 24.8 Å². The minimum absolute atomic E-state index is 0.105. The Morgan fingerprint density at radius 3 is 2.61 bits per heavy atom. The van der Waals surface area contributed by atoms with Gasteiger partial charge in [-0.1, -0.05) is 6.92 Å². The number of piperazine rings is 1. The third-order valence-corrected chi connectivity index (χ3v) is 5.61. The van der Waals surface area contributed by atoms with Gasteiger partial charge in [0.15, 0.2) is 11.6 Å². The van der Waals surface area contributed by atoms with E-state index in [2.05, 4.69) is 20.3 Å². The van der Waals surface area contributed by atoms with E-state index in [9.17, 15) is 18.4 Å². The normalized spacial score (nSPS) is 14.9. The zero-order valence-corrected chi connectivity index (χ0v) is 17.4. The first-order valence-electron chi connectivity index (χ1n) is 10.2. The number of rotatable bonds is 5. The van der Waals surface area contributed by atoms with Crippen LogP contribution in [0.3, 0.4) is 0 Å². The number of aryl methyl sites for hydroxylation is 1. The lowest BCUT2D eigenvalue weighted by atomic mass is 10.1. The molecule has 31 heavy (non-hydrogen) atoms. The van der Waals surface area contributed by atoms with Gasteiger partial charge in [0.05, 0.1) is 16.9 Å². The molecule has 3 heterocycles. The van der Waals surface area contributed by atoms with Crippen molar-refractivity contribution in [2.24, 2.45) is 0 Å². The maximum atomic E-state index is 14.5. The number of hydrogen-bond acceptors (Lipinski definition) is 5. The molecule has 0 spiro atoms. The monoisotopic (exact) mass is 430 g/mol. The number of aromatic nitrogens is 3. The first kappa shape index (κ1) is 21.0. The Labute approximate surface area is 177 Å². The minimum atomic E-state index is -1.13. The van der Waals surface area contributed by atoms with Crippen molar-refractivity contribution in [2.75, 3.05) is 38.1 Å². The smallest absolute Gasteiger partial charge is 0.254 e. The minimum Gasteiger partial charge on any atom is -0.367 e. The molecule has 2 aromatic heterocycles. The third kappa shape index (κ3) is 4.02. The van der Waals surface area contributed by atoms with Crippen LogP contribution in [0.15, 0.2) is 29.2 Å². The number of hydrogen-bond donors (Lipinski definition) is 2. The van der Waals surface area contributed by atoms with E-state index in [-0.39, 0.29) is 16.8 Å². The number of carbonyl (C=O) groups excluding carboxylic acids is 1. The summed E-state index contributed by atoms with van der Waals surface area (Å²) in [6, 6.07) is 4.60. The maximum Gasteiger partial charge on any atom is 0.254 e. The second-order valence-electron chi connectivity index (χ2n) is 7.53. The van der Waals surface area contributed by atoms with Gasteiger partial charge in [0.1, 0.15) is 5.65 Å². The van der Waals surface area contributed by atoms with Crippen molar-refractivity contribution in [3.8, 4) is 0 Å². The number of halogens is 2. The van der Waals surface area contributed by atoms with Crippen molar-refractivity contribution < 1.29 is 13.6 Å². The molecule has 0 atom stereocenters. The van der Waals surface area contributed by atoms with Gasteiger partial charge >= 0.3 is 0 Å². The van der Waals surface area contributed by atoms with Crippen LogP contribution in [0.4, 0.5) is 14.5 Å². The highest BCUT2D eigenvalue weighted by atomic mass is 19.2. The number of nitrogens with one attached hydrogen (secondary N) is 2. The molecule has 1 fully saturated rings. The topological polar surface area (TPSA) is 85.7 Å². The van der Waals surface area contributed by atoms with Gasteiger partial charge in [-0.2, -0.15) is 5.10 Å². The van der Waals surface area contributed by atoms with Gasteiger partial charge in [0.25, 0.3) is 11.5 Å². The molecule has 2 N–H and O–H groups in total. The molecule has 1 amide bonds. The molecule has 0 bridgehead atoms. The van der Waals surface area contributed by atoms with Crippen molar-refractivity contribution >= 4 is 17.2 Å². The number of aromatic amines is 1. The lowest BCUT2D eigenvalue weighted by molar-refractivity contribution is 0.0958. The van der Waals surface area contributed by atoms with Crippen LogP contribution in [0, 0.1) is 11.6 Å². The highest BCUT2D eigenvalue weighted by Crippen LogP contribution is 2.25. The van der Waals surface area contributed by atoms with Crippen LogP contribution in [0.2, 0.25) is 0 Å². The SMILES string of the molecule is CCc1cn2nc(CN3CCN(c4ccc(C(=O)NC)c(F)c4F)CC3)cc2[nH]c1=O. The van der Waals surface area contributed by atoms with E-state index in [1.165, 1.54) is 19.2 Å². The number of anilines is 1. The van der Waals surface area contributed by atoms with Gasteiger partial charge in [0.2, 0.25) is 0 Å². The molecule has 0 unspecified atom stereocenters. The summed E-state index contributed by atoms with van der Waals surface area (Å²) >= 11 is 0. The molecule has 8 nitrogen and oxygen atoms in total. The summed E-state index contributed by atoms with van der Waals surface area (Å²) in [7, 11) is 1.37. The van der Waals surface area contributed by atoms with Gasteiger partial charge in [-0.05, 0) is 18.6 Å². The van der Waals surface area contributed by atoms with Gasteiger partial charge in [0, 0.05) is 57.6 Å². The van der Waals surface area contributed by atoms with Crippen molar-refractivity contribution in [2.45, 2.75) is 19.9 Å². The van der Waals surface area contributed by atoms with Gasteiger partial charge in [-0.25, -0.2) is 13.3 Å². The standard InChI is InChI=1S/C21H24F2N6O2/c1-3-13-11-29-17(25-20(13)30)10-14(26-29)12-27-6-8-28(9-7-27)16-5-4-15(21(31)24-2)18(22)19(16)23/h4-5,10-11H,3,6-9,12H2,1-2H3,(H,24,31)(H,25,30). The molecule has 0 aliphatic carbocycles. The molecular formula is C21H24F2N6O2. The highest BCUT2D eigenvalue weighted by Gasteiger charge is 2.24. The van der Waals surface area contributed by atoms with Gasteiger partial charge < -0.3 is 15.2 Å². The van der Waals surface area contributed by atoms with E-state index in [4.69, 9.17) is 0 Å². The van der Waals surface area contributed by atoms with E-state index in [1.807, 2.05) is 13.0 Å². The summed E-state index contributed by atoms with van der Waals surface area (Å²) in [6.45, 7) is 4.82. The Kier molecular flexibility index (Phi) is 5.73. The first-order valence-corrected chi connectivity index (χ1v) is 10.2. The largest absolute Gasteiger partial charge is 0.367 e. The van der Waals surface area contributed by atoms with Crippen molar-refractivity contribution in [3.05, 3.63) is 63.2 Å². The van der Waals surface area contributed by atoms with Crippen LogP contribution in [0.5, 0.6) is 0 Å². The van der Waals surface area contributed by atoms with Crippen LogP contribution in [0.25, 0.3) is 5.65 Å². The fourth-order valence-corrected chi connectivity index (χ4v) is 3.84. The molecule has 4 rings (SSSR count). The van der Waals surface area contributed by atoms with E-state index in [1.54, 1.807) is 15.6 Å². The molecular weight excluding hydrogens is 406 g/mol. The fourth-order valence-electron chi connectivity index (χ4n) is 3.84. The Bertz CT molecular complexity index is 1180. The quantitative estimate of drug-likeness (QED) is 0.642. The number of benzene rings is 1. The van der Waals surface area contributed by atoms with E-state index in [0.717, 1.165) is 5.69 Å². The summed E-state index contributed by atoms with van der Waals surface area (Å²) < 4.78 is 30.5. The Hall–Kier alpha value is -3.27. The lowest BCUT2D eigenvalue weighted by Gasteiger charge is -2.36. The summed E-state index contributed by atoms with van der Waals surface area (Å²) in [5, 5.41) is 6.84. The number of amides is 1. The molecule has 164 valence electrons. The zero-order valence-electron chi connectivity index (χ0n) is 17.4. The molecule has 3 aromatic rings. The lowest BCUT2D eigenvalue weighted by Crippen LogP contribution is -2.46. The number of nitrogens with zero attached hydrogens (tertiary/aromatic N) is 4. The average Bonchev–Trinajstić information content (AvgIpc) is 3.16. The van der Waals surface area contributed by atoms with Crippen LogP contribution in [0.1, 0.15) is 28.5 Å². The summed E-state index contributed by atoms with van der Waals surface area (Å²) in [6.07, 6.45) is 2.37. The Morgan fingerprint density at radius 2 is 1.94 bits per heavy atom. The Morgan fingerprint density at radius 1 is 1.19 bits per heavy atom. The third-order valence-electron chi connectivity index (χ3n) is 5.61. The molecule has 0 saturated carbocycles. The molecule has 10 heteroatoms. The molecule has 1 saturated heterocycles. The summed E-state index contributed by atoms with van der Waals surface area (Å²) in [4.78, 5) is 30.4. The van der Waals surface area contributed by atoms with E-state index in [0.29, 0.717) is 50.4 Å². The summed E-state index contributed by atoms with van der Waals surface area (Å²) in [5.41, 5.74) is 1.88. The summed E-state index contributed by atoms with van der Waals surface area (Å²) in [5.74, 6) is -2.80. The maximum absolute atomic E-state index is 14.5. The predicted octanol–water partition coefficient (Wildman–Crippen LogP) is 1.54. The fraction of sp³-hybridized carbons (Fsp3) is 0.381. The van der Waals surface area contributed by atoms with Crippen LogP contribution >= 0.6 is 0 Å². The number of H-pyrrole nitrogens is 1. The van der Waals surface area contributed by atoms with E-state index >= 15 is 0 Å². The average molecular weight is 430 g/mol. The predicted molar refractivity (Wildman–Crippen MR) is 112 cm³/mol. The van der Waals surface area contributed by atoms with Crippen molar-refractivity contribution in [3.63, 3.8) is 0 Å². The van der Waals surface area contributed by atoms with Gasteiger partial charge in [-0.3, -0.25) is 14.5 Å². The van der Waals surface area contributed by atoms with Crippen LogP contribution in [-0.2, 0) is 13.0 Å². The molecule has 0 radical (unpaired) electrons. The first-order chi connectivity index (χ1) is 14.9. The number of carbonyl (C=O) groups is 1. The molecule has 1 aromatic carbocycles. The van der Waals surface area contributed by atoms with Crippen LogP contribution in [-0.4, -0.2) is 58.6 Å². The van der Waals surface area contributed by atoms with Gasteiger partial charge in [-0.15, -0.1) is 0 Å². The van der Waals surface area contributed by atoms with Crippen LogP contribution < -0.4 is 15.8 Å². The molecule has 1 aliphatic rings. The number of fused-ring (bicyclic) bond motifs is 1.